The lowest BCUT2D eigenvalue weighted by molar-refractivity contribution is 0.631. The number of aromatic nitrogens is 4. The topological polar surface area (TPSA) is 56.0 Å². The Morgan fingerprint density at radius 2 is 1.59 bits per heavy atom. The van der Waals surface area contributed by atoms with Gasteiger partial charge in [0.1, 0.15) is 0 Å². The molecule has 1 aliphatic rings. The van der Waals surface area contributed by atoms with Gasteiger partial charge in [0.15, 0.2) is 0 Å². The normalized spacial score (nSPS) is 17.0. The first-order chi connectivity index (χ1) is 10.8. The van der Waals surface area contributed by atoms with Crippen molar-refractivity contribution in [1.29, 1.82) is 0 Å². The Morgan fingerprint density at radius 3 is 2.27 bits per heavy atom. The average Bonchev–Trinajstić information content (AvgIpc) is 3.02. The molecule has 1 atom stereocenters. The van der Waals surface area contributed by atoms with Crippen molar-refractivity contribution in [3.63, 3.8) is 0 Å². The summed E-state index contributed by atoms with van der Waals surface area (Å²) in [5.41, 5.74) is 5.42. The van der Waals surface area contributed by atoms with Crippen LogP contribution in [0.1, 0.15) is 24.2 Å². The number of hydrogen-bond donors (Lipinski definition) is 0. The second kappa shape index (κ2) is 5.18. The number of hydrogen-bond acceptors (Lipinski definition) is 4. The molecule has 1 unspecified atom stereocenters. The summed E-state index contributed by atoms with van der Waals surface area (Å²) in [4.78, 5) is 17.5. The smallest absolute Gasteiger partial charge is 0.0962 e. The minimum Gasteiger partial charge on any atom is -0.323 e. The second-order valence-electron chi connectivity index (χ2n) is 5.30. The fourth-order valence-electron chi connectivity index (χ4n) is 2.91. The van der Waals surface area contributed by atoms with E-state index in [1.54, 1.807) is 24.8 Å². The molecule has 0 spiro atoms. The van der Waals surface area contributed by atoms with Gasteiger partial charge >= 0.3 is 0 Å². The number of rotatable bonds is 2. The van der Waals surface area contributed by atoms with Crippen LogP contribution in [0.15, 0.2) is 60.4 Å². The molecule has 22 heavy (non-hydrogen) atoms. The number of nitrogens with zero attached hydrogens (tertiary/aromatic N) is 5. The maximum atomic E-state index is 4.79. The van der Waals surface area contributed by atoms with Crippen molar-refractivity contribution in [3.8, 4) is 11.3 Å². The van der Waals surface area contributed by atoms with E-state index in [-0.39, 0.29) is 6.04 Å². The fourth-order valence-corrected chi connectivity index (χ4v) is 2.91. The Bertz CT molecular complexity index is 821. The van der Waals surface area contributed by atoms with Gasteiger partial charge in [-0.25, -0.2) is 4.98 Å². The van der Waals surface area contributed by atoms with Crippen LogP contribution in [0.3, 0.4) is 0 Å². The van der Waals surface area contributed by atoms with Crippen LogP contribution in [-0.4, -0.2) is 25.2 Å². The van der Waals surface area contributed by atoms with Crippen molar-refractivity contribution in [2.24, 2.45) is 4.99 Å². The monoisotopic (exact) mass is 289 g/mol. The molecule has 0 saturated carbocycles. The highest BCUT2D eigenvalue weighted by Gasteiger charge is 2.24. The van der Waals surface area contributed by atoms with Crippen molar-refractivity contribution in [1.82, 2.24) is 19.5 Å². The summed E-state index contributed by atoms with van der Waals surface area (Å²) in [5, 5.41) is 0. The maximum absolute atomic E-state index is 4.79. The number of pyridine rings is 2. The summed E-state index contributed by atoms with van der Waals surface area (Å²) in [7, 11) is 0. The molecule has 3 aromatic rings. The van der Waals surface area contributed by atoms with E-state index in [9.17, 15) is 0 Å². The first-order valence-electron chi connectivity index (χ1n) is 7.25. The molecule has 5 nitrogen and oxygen atoms in total. The molecular weight excluding hydrogens is 274 g/mol. The quantitative estimate of drug-likeness (QED) is 0.729. The molecule has 4 heterocycles. The summed E-state index contributed by atoms with van der Waals surface area (Å²) >= 11 is 0. The third kappa shape index (κ3) is 2.02. The lowest BCUT2D eigenvalue weighted by Crippen LogP contribution is -2.23. The van der Waals surface area contributed by atoms with Gasteiger partial charge in [-0.3, -0.25) is 15.0 Å². The molecule has 5 heteroatoms. The van der Waals surface area contributed by atoms with E-state index in [0.29, 0.717) is 6.54 Å². The Hall–Kier alpha value is -2.82. The first kappa shape index (κ1) is 12.9. The molecule has 0 radical (unpaired) electrons. The summed E-state index contributed by atoms with van der Waals surface area (Å²) in [6.07, 6.45) is 9.09. The standard InChI is InChI=1S/C17H15N5/c1-12-16(13-2-6-18-7-3-13)20-10-15-17(21-11-22(12)15)14-4-8-19-9-5-14/h2-9,11-12H,10H2,1H3. The third-order valence-electron chi connectivity index (χ3n) is 4.04. The molecule has 1 aliphatic heterocycles. The molecule has 0 aromatic carbocycles. The van der Waals surface area contributed by atoms with E-state index in [1.807, 2.05) is 30.6 Å². The van der Waals surface area contributed by atoms with E-state index in [2.05, 4.69) is 26.4 Å². The van der Waals surface area contributed by atoms with Crippen LogP contribution in [0.2, 0.25) is 0 Å². The first-order valence-corrected chi connectivity index (χ1v) is 7.25. The van der Waals surface area contributed by atoms with Crippen molar-refractivity contribution in [2.75, 3.05) is 0 Å². The predicted molar refractivity (Wildman–Crippen MR) is 84.6 cm³/mol. The van der Waals surface area contributed by atoms with Gasteiger partial charge in [0.25, 0.3) is 0 Å². The van der Waals surface area contributed by atoms with Gasteiger partial charge in [-0.15, -0.1) is 0 Å². The molecule has 0 aliphatic carbocycles. The van der Waals surface area contributed by atoms with Crippen LogP contribution in [0.25, 0.3) is 11.3 Å². The Labute approximate surface area is 128 Å². The number of imidazole rings is 1. The largest absolute Gasteiger partial charge is 0.323 e. The van der Waals surface area contributed by atoms with Crippen LogP contribution in [0, 0.1) is 0 Å². The van der Waals surface area contributed by atoms with Gasteiger partial charge in [-0.05, 0) is 31.2 Å². The fraction of sp³-hybridized carbons (Fsp3) is 0.176. The van der Waals surface area contributed by atoms with Crippen LogP contribution < -0.4 is 0 Å². The van der Waals surface area contributed by atoms with Crippen LogP contribution in [0.5, 0.6) is 0 Å². The zero-order valence-corrected chi connectivity index (χ0v) is 12.2. The van der Waals surface area contributed by atoms with Gasteiger partial charge in [-0.1, -0.05) is 0 Å². The minimum absolute atomic E-state index is 0.161. The van der Waals surface area contributed by atoms with Gasteiger partial charge in [0.05, 0.1) is 36.0 Å². The lowest BCUT2D eigenvalue weighted by atomic mass is 10.0. The van der Waals surface area contributed by atoms with Crippen LogP contribution >= 0.6 is 0 Å². The number of aliphatic imine (C=N–C) groups is 1. The van der Waals surface area contributed by atoms with Gasteiger partial charge in [-0.2, -0.15) is 0 Å². The second-order valence-corrected chi connectivity index (χ2v) is 5.30. The Balaban J connectivity index is 1.75. The molecule has 4 rings (SSSR count). The molecular formula is C17H15N5. The molecule has 0 amide bonds. The van der Waals surface area contributed by atoms with E-state index in [1.165, 1.54) is 0 Å². The average molecular weight is 289 g/mol. The van der Waals surface area contributed by atoms with Crippen molar-refractivity contribution < 1.29 is 0 Å². The molecule has 0 saturated heterocycles. The highest BCUT2D eigenvalue weighted by atomic mass is 15.1. The minimum atomic E-state index is 0.161. The summed E-state index contributed by atoms with van der Waals surface area (Å²) < 4.78 is 2.21. The van der Waals surface area contributed by atoms with Gasteiger partial charge in [0, 0.05) is 35.9 Å². The van der Waals surface area contributed by atoms with Crippen molar-refractivity contribution in [2.45, 2.75) is 19.5 Å². The van der Waals surface area contributed by atoms with Gasteiger partial charge in [0.2, 0.25) is 0 Å². The SMILES string of the molecule is CC1C(c2ccncc2)=NCc2c(-c3ccncc3)ncn21. The molecule has 0 bridgehead atoms. The lowest BCUT2D eigenvalue weighted by Gasteiger charge is -2.23. The zero-order chi connectivity index (χ0) is 14.9. The van der Waals surface area contributed by atoms with E-state index >= 15 is 0 Å². The van der Waals surface area contributed by atoms with Gasteiger partial charge < -0.3 is 4.57 Å². The molecule has 3 aromatic heterocycles. The highest BCUT2D eigenvalue weighted by Crippen LogP contribution is 2.29. The summed E-state index contributed by atoms with van der Waals surface area (Å²) in [6.45, 7) is 2.79. The summed E-state index contributed by atoms with van der Waals surface area (Å²) in [5.74, 6) is 0. The highest BCUT2D eigenvalue weighted by molar-refractivity contribution is 6.03. The van der Waals surface area contributed by atoms with Crippen LogP contribution in [-0.2, 0) is 6.54 Å². The maximum Gasteiger partial charge on any atom is 0.0962 e. The third-order valence-corrected chi connectivity index (χ3v) is 4.04. The van der Waals surface area contributed by atoms with E-state index < -0.39 is 0 Å². The van der Waals surface area contributed by atoms with Crippen molar-refractivity contribution in [3.05, 3.63) is 66.6 Å². The number of fused-ring (bicyclic) bond motifs is 1. The molecule has 108 valence electrons. The van der Waals surface area contributed by atoms with Crippen LogP contribution in [0.4, 0.5) is 0 Å². The molecule has 0 fully saturated rings. The summed E-state index contributed by atoms with van der Waals surface area (Å²) in [6, 6.07) is 8.13. The Morgan fingerprint density at radius 1 is 0.955 bits per heavy atom. The van der Waals surface area contributed by atoms with E-state index in [0.717, 1.165) is 28.2 Å². The van der Waals surface area contributed by atoms with Crippen molar-refractivity contribution >= 4 is 5.71 Å². The molecule has 0 N–H and O–H groups in total. The van der Waals surface area contributed by atoms with E-state index in [4.69, 9.17) is 4.99 Å². The Kier molecular flexibility index (Phi) is 3.04. The predicted octanol–water partition coefficient (Wildman–Crippen LogP) is 2.90. The zero-order valence-electron chi connectivity index (χ0n) is 12.2.